The van der Waals surface area contributed by atoms with Crippen molar-refractivity contribution in [3.05, 3.63) is 53.9 Å². The lowest BCUT2D eigenvalue weighted by atomic mass is 9.91. The molecule has 3 heterocycles. The number of rotatable bonds is 7. The quantitative estimate of drug-likeness (QED) is 0.465. The third-order valence-corrected chi connectivity index (χ3v) is 7.29. The summed E-state index contributed by atoms with van der Waals surface area (Å²) in [6.45, 7) is 5.54. The van der Waals surface area contributed by atoms with Gasteiger partial charge in [-0.1, -0.05) is 25.1 Å². The van der Waals surface area contributed by atoms with E-state index < -0.39 is 11.9 Å². The number of nitrogens with zero attached hydrogens (tertiary/aromatic N) is 3. The van der Waals surface area contributed by atoms with Crippen molar-refractivity contribution in [2.24, 2.45) is 5.92 Å². The van der Waals surface area contributed by atoms with E-state index in [4.69, 9.17) is 0 Å². The van der Waals surface area contributed by atoms with Crippen LogP contribution in [0.4, 0.5) is 24.5 Å². The molecule has 2 saturated heterocycles. The van der Waals surface area contributed by atoms with Crippen LogP contribution in [-0.4, -0.2) is 48.0 Å². The first-order valence-electron chi connectivity index (χ1n) is 12.7. The lowest BCUT2D eigenvalue weighted by Gasteiger charge is -2.34. The largest absolute Gasteiger partial charge is 0.433 e. The van der Waals surface area contributed by atoms with Gasteiger partial charge in [-0.25, -0.2) is 0 Å². The molecule has 0 spiro atoms. The van der Waals surface area contributed by atoms with E-state index in [9.17, 15) is 18.0 Å². The Bertz CT molecular complexity index is 964. The topological polar surface area (TPSA) is 48.5 Å². The molecule has 2 aromatic rings. The molecule has 1 aromatic heterocycles. The predicted octanol–water partition coefficient (Wildman–Crippen LogP) is 6.53. The Morgan fingerprint density at radius 2 is 1.69 bits per heavy atom. The summed E-state index contributed by atoms with van der Waals surface area (Å²) in [6, 6.07) is 11.4. The standard InChI is InChI=1S/C27H35F3N4O.CH4/c1-20-5-7-24(8-6-20)33-15-10-21(11-16-33)3-2-4-26(35)34-17-12-22(13-18-34)32-23-9-14-31-25(19-23)27(28,29)30;/h5-9,14,19,21-22H,2-4,10-13,15-18H2,1H3,(H,31,32);1H4. The zero-order valence-electron chi connectivity index (χ0n) is 20.4. The number of nitrogens with one attached hydrogen (secondary N) is 1. The molecule has 0 saturated carbocycles. The first-order chi connectivity index (χ1) is 16.8. The molecule has 1 N–H and O–H groups in total. The second-order valence-electron chi connectivity index (χ2n) is 9.89. The van der Waals surface area contributed by atoms with Crippen LogP contribution < -0.4 is 10.2 Å². The zero-order chi connectivity index (χ0) is 24.8. The minimum atomic E-state index is -4.45. The fourth-order valence-electron chi connectivity index (χ4n) is 5.12. The Kier molecular flexibility index (Phi) is 9.63. The first-order valence-corrected chi connectivity index (χ1v) is 12.7. The Labute approximate surface area is 213 Å². The molecule has 4 rings (SSSR count). The average Bonchev–Trinajstić information content (AvgIpc) is 2.85. The lowest BCUT2D eigenvalue weighted by Crippen LogP contribution is -2.42. The van der Waals surface area contributed by atoms with Crippen LogP contribution in [0.5, 0.6) is 0 Å². The fourth-order valence-corrected chi connectivity index (χ4v) is 5.12. The molecule has 1 aromatic carbocycles. The van der Waals surface area contributed by atoms with Crippen molar-refractivity contribution < 1.29 is 18.0 Å². The monoisotopic (exact) mass is 504 g/mol. The molecule has 198 valence electrons. The second-order valence-corrected chi connectivity index (χ2v) is 9.89. The Morgan fingerprint density at radius 3 is 2.33 bits per heavy atom. The molecular weight excluding hydrogens is 465 g/mol. The van der Waals surface area contributed by atoms with Gasteiger partial charge in [0, 0.05) is 56.2 Å². The summed E-state index contributed by atoms with van der Waals surface area (Å²) in [5, 5.41) is 3.18. The number of carbonyl (C=O) groups excluding carboxylic acids is 1. The van der Waals surface area contributed by atoms with Gasteiger partial charge in [-0.05, 0) is 75.6 Å². The number of hydrogen-bond donors (Lipinski definition) is 1. The molecule has 5 nitrogen and oxygen atoms in total. The third-order valence-electron chi connectivity index (χ3n) is 7.29. The number of alkyl halides is 3. The third kappa shape index (κ3) is 7.61. The molecule has 1 amide bonds. The van der Waals surface area contributed by atoms with E-state index in [0.29, 0.717) is 31.1 Å². The van der Waals surface area contributed by atoms with E-state index in [1.54, 1.807) is 6.07 Å². The summed E-state index contributed by atoms with van der Waals surface area (Å²) in [4.78, 5) is 20.5. The molecule has 2 aliphatic rings. The van der Waals surface area contributed by atoms with Crippen LogP contribution in [0.1, 0.15) is 63.6 Å². The molecular formula is C28H39F3N4O. The van der Waals surface area contributed by atoms with Gasteiger partial charge in [-0.15, -0.1) is 0 Å². The van der Waals surface area contributed by atoms with Crippen molar-refractivity contribution in [2.75, 3.05) is 36.4 Å². The predicted molar refractivity (Wildman–Crippen MR) is 139 cm³/mol. The summed E-state index contributed by atoms with van der Waals surface area (Å²) in [5.41, 5.74) is 2.11. The highest BCUT2D eigenvalue weighted by Crippen LogP contribution is 2.30. The zero-order valence-corrected chi connectivity index (χ0v) is 20.4. The van der Waals surface area contributed by atoms with E-state index in [-0.39, 0.29) is 19.4 Å². The average molecular weight is 505 g/mol. The number of carbonyl (C=O) groups is 1. The van der Waals surface area contributed by atoms with Gasteiger partial charge in [-0.3, -0.25) is 9.78 Å². The molecule has 0 unspecified atom stereocenters. The summed E-state index contributed by atoms with van der Waals surface area (Å²) in [6.07, 6.45) is 3.12. The van der Waals surface area contributed by atoms with Crippen molar-refractivity contribution in [3.8, 4) is 0 Å². The van der Waals surface area contributed by atoms with Gasteiger partial charge >= 0.3 is 6.18 Å². The molecule has 36 heavy (non-hydrogen) atoms. The SMILES string of the molecule is C.Cc1ccc(N2CCC(CCCC(=O)N3CCC(Nc4ccnc(C(F)(F)F)c4)CC3)CC2)cc1. The lowest BCUT2D eigenvalue weighted by molar-refractivity contribution is -0.141. The van der Waals surface area contributed by atoms with Gasteiger partial charge < -0.3 is 15.1 Å². The van der Waals surface area contributed by atoms with Crippen molar-refractivity contribution in [1.29, 1.82) is 0 Å². The van der Waals surface area contributed by atoms with Crippen molar-refractivity contribution in [2.45, 2.75) is 71.5 Å². The molecule has 2 aliphatic heterocycles. The maximum Gasteiger partial charge on any atom is 0.433 e. The molecule has 0 bridgehead atoms. The number of aryl methyl sites for hydroxylation is 1. The minimum absolute atomic E-state index is 0. The number of aromatic nitrogens is 1. The van der Waals surface area contributed by atoms with E-state index >= 15 is 0 Å². The summed E-state index contributed by atoms with van der Waals surface area (Å²) in [5.74, 6) is 0.880. The van der Waals surface area contributed by atoms with Crippen molar-refractivity contribution >= 4 is 17.3 Å². The second kappa shape index (κ2) is 12.5. The smallest absolute Gasteiger partial charge is 0.382 e. The van der Waals surface area contributed by atoms with Gasteiger partial charge in [0.15, 0.2) is 0 Å². The van der Waals surface area contributed by atoms with Crippen LogP contribution in [-0.2, 0) is 11.0 Å². The first kappa shape index (κ1) is 27.8. The summed E-state index contributed by atoms with van der Waals surface area (Å²) in [7, 11) is 0. The molecule has 0 aliphatic carbocycles. The Balaban J connectivity index is 0.00000361. The van der Waals surface area contributed by atoms with Crippen molar-refractivity contribution in [3.63, 3.8) is 0 Å². The van der Waals surface area contributed by atoms with Gasteiger partial charge in [0.05, 0.1) is 0 Å². The Morgan fingerprint density at radius 1 is 1.03 bits per heavy atom. The molecule has 2 fully saturated rings. The number of piperidine rings is 2. The summed E-state index contributed by atoms with van der Waals surface area (Å²) < 4.78 is 38.6. The summed E-state index contributed by atoms with van der Waals surface area (Å²) >= 11 is 0. The van der Waals surface area contributed by atoms with Crippen LogP contribution in [0.2, 0.25) is 0 Å². The number of pyridine rings is 1. The van der Waals surface area contributed by atoms with Gasteiger partial charge in [-0.2, -0.15) is 13.2 Å². The number of likely N-dealkylation sites (tertiary alicyclic amines) is 1. The van der Waals surface area contributed by atoms with Crippen LogP contribution in [0.3, 0.4) is 0 Å². The van der Waals surface area contributed by atoms with E-state index in [0.717, 1.165) is 44.8 Å². The molecule has 0 radical (unpaired) electrons. The number of benzene rings is 1. The maximum atomic E-state index is 12.9. The van der Waals surface area contributed by atoms with Gasteiger partial charge in [0.1, 0.15) is 5.69 Å². The fraction of sp³-hybridized carbons (Fsp3) is 0.571. The highest BCUT2D eigenvalue weighted by atomic mass is 19.4. The highest BCUT2D eigenvalue weighted by molar-refractivity contribution is 5.76. The minimum Gasteiger partial charge on any atom is -0.382 e. The number of halogens is 3. The van der Waals surface area contributed by atoms with Crippen LogP contribution in [0.25, 0.3) is 0 Å². The van der Waals surface area contributed by atoms with E-state index in [1.165, 1.54) is 30.3 Å². The van der Waals surface area contributed by atoms with Crippen LogP contribution in [0, 0.1) is 12.8 Å². The highest BCUT2D eigenvalue weighted by Gasteiger charge is 2.33. The molecule has 0 atom stereocenters. The van der Waals surface area contributed by atoms with Crippen molar-refractivity contribution in [1.82, 2.24) is 9.88 Å². The molecule has 8 heteroatoms. The normalized spacial score (nSPS) is 17.6. The Hall–Kier alpha value is -2.77. The maximum absolute atomic E-state index is 12.9. The van der Waals surface area contributed by atoms with Gasteiger partial charge in [0.25, 0.3) is 0 Å². The number of anilines is 2. The van der Waals surface area contributed by atoms with E-state index in [2.05, 4.69) is 46.4 Å². The number of hydrogen-bond acceptors (Lipinski definition) is 4. The number of amides is 1. The van der Waals surface area contributed by atoms with Crippen LogP contribution >= 0.6 is 0 Å². The van der Waals surface area contributed by atoms with E-state index in [1.807, 2.05) is 4.90 Å². The van der Waals surface area contributed by atoms with Crippen LogP contribution in [0.15, 0.2) is 42.6 Å². The van der Waals surface area contributed by atoms with Gasteiger partial charge in [0.2, 0.25) is 5.91 Å².